The topological polar surface area (TPSA) is 71.1 Å². The molecule has 0 amide bonds. The lowest BCUT2D eigenvalue weighted by Crippen LogP contribution is -2.41. The Morgan fingerprint density at radius 2 is 0.931 bits per heavy atom. The highest BCUT2D eigenvalue weighted by atomic mass is 16.5. The number of hydrogen-bond donors (Lipinski definition) is 0. The Balaban J connectivity index is 2.43. The molecule has 9 heteroatoms. The maximum Gasteiger partial charge on any atom is 0.0701 e. The van der Waals surface area contributed by atoms with Crippen LogP contribution in [0.2, 0.25) is 0 Å². The number of hydrogen-bond acceptors (Lipinski definition) is 9. The smallest absolute Gasteiger partial charge is 0.0701 e. The summed E-state index contributed by atoms with van der Waals surface area (Å²) < 4.78 is 38.3. The molecule has 0 aromatic carbocycles. The minimum atomic E-state index is 0.606. The molecule has 1 fully saturated rings. The molecular weight excluding hydrogens is 380 g/mol. The highest BCUT2D eigenvalue weighted by molar-refractivity contribution is 4.64. The van der Waals surface area contributed by atoms with Crippen LogP contribution in [0.3, 0.4) is 0 Å². The van der Waals surface area contributed by atoms with Gasteiger partial charge in [0.25, 0.3) is 0 Å². The summed E-state index contributed by atoms with van der Waals surface area (Å²) in [4.78, 5) is 4.76. The summed E-state index contributed by atoms with van der Waals surface area (Å²) in [5, 5.41) is 0. The van der Waals surface area contributed by atoms with Crippen LogP contribution in [0, 0.1) is 0 Å². The Labute approximate surface area is 176 Å². The molecule has 29 heavy (non-hydrogen) atoms. The van der Waals surface area contributed by atoms with Crippen molar-refractivity contribution in [2.75, 3.05) is 133 Å². The highest BCUT2D eigenvalue weighted by Crippen LogP contribution is 1.97. The van der Waals surface area contributed by atoms with Gasteiger partial charge in [-0.1, -0.05) is 0 Å². The van der Waals surface area contributed by atoms with Crippen LogP contribution in [0.15, 0.2) is 0 Å². The van der Waals surface area contributed by atoms with E-state index in [1.165, 1.54) is 0 Å². The fourth-order valence-electron chi connectivity index (χ4n) is 2.76. The van der Waals surface area contributed by atoms with Gasteiger partial charge in [0.2, 0.25) is 0 Å². The first kappa shape index (κ1) is 26.7. The molecule has 0 aliphatic carbocycles. The van der Waals surface area contributed by atoms with Crippen molar-refractivity contribution in [1.82, 2.24) is 9.80 Å². The molecule has 0 radical (unpaired) electrons. The highest BCUT2D eigenvalue weighted by Gasteiger charge is 2.11. The molecule has 1 heterocycles. The minimum Gasteiger partial charge on any atom is -0.382 e. The predicted octanol–water partition coefficient (Wildman–Crippen LogP) is -0.0202. The number of methoxy groups -OCH3 is 2. The Bertz CT molecular complexity index is 310. The van der Waals surface area contributed by atoms with Gasteiger partial charge in [-0.25, -0.2) is 0 Å². The predicted molar refractivity (Wildman–Crippen MR) is 111 cm³/mol. The maximum absolute atomic E-state index is 5.70. The molecule has 0 aromatic heterocycles. The summed E-state index contributed by atoms with van der Waals surface area (Å²) in [5.41, 5.74) is 0. The summed E-state index contributed by atoms with van der Waals surface area (Å²) in [6, 6.07) is 0. The average molecular weight is 423 g/mol. The van der Waals surface area contributed by atoms with Gasteiger partial charge in [-0.2, -0.15) is 0 Å². The second kappa shape index (κ2) is 20.9. The van der Waals surface area contributed by atoms with E-state index in [0.717, 1.165) is 39.3 Å². The van der Waals surface area contributed by atoms with Gasteiger partial charge in [-0.3, -0.25) is 9.80 Å². The van der Waals surface area contributed by atoms with E-state index in [9.17, 15) is 0 Å². The van der Waals surface area contributed by atoms with Crippen LogP contribution in [0.25, 0.3) is 0 Å². The van der Waals surface area contributed by atoms with Gasteiger partial charge in [0.05, 0.1) is 79.3 Å². The monoisotopic (exact) mass is 422 g/mol. The standard InChI is InChI=1S/C20H42N2O7/c1-23-13-15-25-9-5-21-3-4-22(6-10-26-16-14-24-2)8-12-28-18-20-29-19-17-27-11-7-21/h3-20H2,1-2H3. The van der Waals surface area contributed by atoms with Gasteiger partial charge in [0.1, 0.15) is 0 Å². The Morgan fingerprint density at radius 3 is 1.34 bits per heavy atom. The van der Waals surface area contributed by atoms with E-state index >= 15 is 0 Å². The van der Waals surface area contributed by atoms with E-state index in [-0.39, 0.29) is 0 Å². The molecule has 1 aliphatic heterocycles. The number of ether oxygens (including phenoxy) is 7. The Morgan fingerprint density at radius 1 is 0.517 bits per heavy atom. The quantitative estimate of drug-likeness (QED) is 0.404. The number of nitrogens with zero attached hydrogens (tertiary/aromatic N) is 2. The van der Waals surface area contributed by atoms with Crippen LogP contribution in [-0.2, 0) is 33.2 Å². The van der Waals surface area contributed by atoms with Crippen molar-refractivity contribution in [3.05, 3.63) is 0 Å². The summed E-state index contributed by atoms with van der Waals surface area (Å²) >= 11 is 0. The third kappa shape index (κ3) is 17.1. The second-order valence-electron chi connectivity index (χ2n) is 6.73. The van der Waals surface area contributed by atoms with Crippen molar-refractivity contribution in [2.24, 2.45) is 0 Å². The van der Waals surface area contributed by atoms with E-state index in [0.29, 0.717) is 79.3 Å². The van der Waals surface area contributed by atoms with Crippen LogP contribution in [0.5, 0.6) is 0 Å². The minimum absolute atomic E-state index is 0.606. The Kier molecular flexibility index (Phi) is 19.2. The van der Waals surface area contributed by atoms with Crippen LogP contribution < -0.4 is 0 Å². The van der Waals surface area contributed by atoms with Gasteiger partial charge < -0.3 is 33.2 Å². The maximum atomic E-state index is 5.70. The molecule has 1 saturated heterocycles. The van der Waals surface area contributed by atoms with Gasteiger partial charge in [0, 0.05) is 53.5 Å². The molecule has 9 nitrogen and oxygen atoms in total. The SMILES string of the molecule is COCCOCCN1CCOCCOCCOCCN(CCOCCOC)CC1. The van der Waals surface area contributed by atoms with Crippen molar-refractivity contribution in [2.45, 2.75) is 0 Å². The third-order valence-electron chi connectivity index (χ3n) is 4.55. The third-order valence-corrected chi connectivity index (χ3v) is 4.55. The van der Waals surface area contributed by atoms with Crippen molar-refractivity contribution in [3.63, 3.8) is 0 Å². The molecule has 0 aromatic rings. The Hall–Kier alpha value is -0.360. The molecule has 174 valence electrons. The van der Waals surface area contributed by atoms with Crippen LogP contribution in [-0.4, -0.2) is 143 Å². The summed E-state index contributed by atoms with van der Waals surface area (Å²) in [7, 11) is 3.37. The zero-order valence-corrected chi connectivity index (χ0v) is 18.5. The van der Waals surface area contributed by atoms with Gasteiger partial charge in [-0.05, 0) is 0 Å². The molecule has 0 saturated carbocycles. The van der Waals surface area contributed by atoms with Crippen molar-refractivity contribution in [1.29, 1.82) is 0 Å². The van der Waals surface area contributed by atoms with E-state index in [4.69, 9.17) is 33.2 Å². The molecule has 0 spiro atoms. The largest absolute Gasteiger partial charge is 0.382 e. The lowest BCUT2D eigenvalue weighted by molar-refractivity contribution is 0.00828. The normalized spacial score (nSPS) is 19.7. The second-order valence-corrected chi connectivity index (χ2v) is 6.73. The zero-order chi connectivity index (χ0) is 20.8. The lowest BCUT2D eigenvalue weighted by Gasteiger charge is -2.27. The van der Waals surface area contributed by atoms with Crippen LogP contribution in [0.4, 0.5) is 0 Å². The molecule has 0 atom stereocenters. The molecular formula is C20H42N2O7. The lowest BCUT2D eigenvalue weighted by atomic mass is 10.4. The molecule has 0 unspecified atom stereocenters. The van der Waals surface area contributed by atoms with Crippen LogP contribution in [0.1, 0.15) is 0 Å². The first-order valence-electron chi connectivity index (χ1n) is 10.7. The van der Waals surface area contributed by atoms with E-state index in [2.05, 4.69) is 9.80 Å². The van der Waals surface area contributed by atoms with E-state index < -0.39 is 0 Å². The van der Waals surface area contributed by atoms with Crippen molar-refractivity contribution in [3.8, 4) is 0 Å². The summed E-state index contributed by atoms with van der Waals surface area (Å²) in [5.74, 6) is 0. The molecule has 0 N–H and O–H groups in total. The van der Waals surface area contributed by atoms with E-state index in [1.807, 2.05) is 0 Å². The summed E-state index contributed by atoms with van der Waals surface area (Å²) in [6.45, 7) is 13.1. The summed E-state index contributed by atoms with van der Waals surface area (Å²) in [6.07, 6.45) is 0. The van der Waals surface area contributed by atoms with Crippen molar-refractivity contribution < 1.29 is 33.2 Å². The average Bonchev–Trinajstić information content (AvgIpc) is 2.74. The fourth-order valence-corrected chi connectivity index (χ4v) is 2.76. The number of rotatable bonds is 12. The van der Waals surface area contributed by atoms with Gasteiger partial charge >= 0.3 is 0 Å². The van der Waals surface area contributed by atoms with Gasteiger partial charge in [0.15, 0.2) is 0 Å². The van der Waals surface area contributed by atoms with Crippen LogP contribution >= 0.6 is 0 Å². The van der Waals surface area contributed by atoms with Gasteiger partial charge in [-0.15, -0.1) is 0 Å². The molecule has 0 bridgehead atoms. The van der Waals surface area contributed by atoms with Crippen molar-refractivity contribution >= 4 is 0 Å². The van der Waals surface area contributed by atoms with E-state index in [1.54, 1.807) is 14.2 Å². The zero-order valence-electron chi connectivity index (χ0n) is 18.5. The fraction of sp³-hybridized carbons (Fsp3) is 1.00. The molecule has 1 rings (SSSR count). The molecule has 1 aliphatic rings. The first-order valence-corrected chi connectivity index (χ1v) is 10.7. The first-order chi connectivity index (χ1) is 14.4.